The van der Waals surface area contributed by atoms with Gasteiger partial charge in [0.1, 0.15) is 0 Å². The maximum Gasteiger partial charge on any atom is 0.0376 e. The second kappa shape index (κ2) is 5.92. The lowest BCUT2D eigenvalue weighted by molar-refractivity contribution is 0.897. The van der Waals surface area contributed by atoms with Crippen LogP contribution in [0.5, 0.6) is 0 Å². The summed E-state index contributed by atoms with van der Waals surface area (Å²) in [5.41, 5.74) is 7.49. The second-order valence-electron chi connectivity index (χ2n) is 2.28. The van der Waals surface area contributed by atoms with Gasteiger partial charge in [-0.1, -0.05) is 0 Å². The van der Waals surface area contributed by atoms with Crippen molar-refractivity contribution in [2.45, 2.75) is 13.8 Å². The van der Waals surface area contributed by atoms with Gasteiger partial charge in [0.2, 0.25) is 0 Å². The zero-order valence-electron chi connectivity index (χ0n) is 7.52. The minimum Gasteiger partial charge on any atom is -0.404 e. The summed E-state index contributed by atoms with van der Waals surface area (Å²) >= 11 is 0. The van der Waals surface area contributed by atoms with Crippen LogP contribution in [0.15, 0.2) is 16.8 Å². The summed E-state index contributed by atoms with van der Waals surface area (Å²) in [5, 5.41) is 3.03. The molecule has 11 heavy (non-hydrogen) atoms. The van der Waals surface area contributed by atoms with Gasteiger partial charge in [-0.15, -0.1) is 0 Å². The van der Waals surface area contributed by atoms with Crippen LogP contribution in [0, 0.1) is 0 Å². The molecule has 0 rings (SSSR count). The number of hydrogen-bond acceptors (Lipinski definition) is 3. The zero-order chi connectivity index (χ0) is 8.69. The Morgan fingerprint density at radius 2 is 2.27 bits per heavy atom. The number of nitrogens with one attached hydrogen (secondary N) is 1. The van der Waals surface area contributed by atoms with Crippen molar-refractivity contribution in [1.82, 2.24) is 5.32 Å². The predicted octanol–water partition coefficient (Wildman–Crippen LogP) is 0.529. The molecule has 0 fully saturated rings. The lowest BCUT2D eigenvalue weighted by Crippen LogP contribution is -2.16. The normalized spacial score (nSPS) is 13.7. The Hall–Kier alpha value is -0.830. The van der Waals surface area contributed by atoms with Crippen LogP contribution in [0.25, 0.3) is 0 Å². The van der Waals surface area contributed by atoms with Gasteiger partial charge in [-0.25, -0.2) is 0 Å². The van der Waals surface area contributed by atoms with Crippen LogP contribution < -0.4 is 11.1 Å². The Balaban J connectivity index is 4.15. The summed E-state index contributed by atoms with van der Waals surface area (Å²) in [5.74, 6) is 0. The first-order valence-electron chi connectivity index (χ1n) is 3.83. The van der Waals surface area contributed by atoms with E-state index in [1.807, 2.05) is 20.9 Å². The molecule has 0 aliphatic carbocycles. The Morgan fingerprint density at radius 3 is 2.64 bits per heavy atom. The third-order valence-electron chi connectivity index (χ3n) is 1.43. The maximum absolute atomic E-state index is 5.41. The van der Waals surface area contributed by atoms with Crippen molar-refractivity contribution in [2.75, 3.05) is 20.1 Å². The Bertz CT molecular complexity index is 159. The summed E-state index contributed by atoms with van der Waals surface area (Å²) in [4.78, 5) is 4.24. The molecular formula is C8H17N3. The first-order valence-corrected chi connectivity index (χ1v) is 3.83. The molecule has 3 nitrogen and oxygen atoms in total. The quantitative estimate of drug-likeness (QED) is 0.582. The summed E-state index contributed by atoms with van der Waals surface area (Å²) in [6, 6.07) is 0. The molecule has 0 aromatic heterocycles. The number of nitrogens with two attached hydrogens (primary N) is 1. The van der Waals surface area contributed by atoms with Gasteiger partial charge >= 0.3 is 0 Å². The molecule has 0 spiro atoms. The van der Waals surface area contributed by atoms with E-state index in [0.717, 1.165) is 24.4 Å². The first-order chi connectivity index (χ1) is 5.26. The van der Waals surface area contributed by atoms with Crippen molar-refractivity contribution in [3.8, 4) is 0 Å². The highest BCUT2D eigenvalue weighted by atomic mass is 14.8. The van der Waals surface area contributed by atoms with Crippen LogP contribution in [-0.2, 0) is 0 Å². The maximum atomic E-state index is 5.41. The number of hydrogen-bond donors (Lipinski definition) is 2. The van der Waals surface area contributed by atoms with E-state index in [9.17, 15) is 0 Å². The SMILES string of the molecule is CCN=C(C)C(=CN)CNC. The van der Waals surface area contributed by atoms with E-state index in [-0.39, 0.29) is 0 Å². The van der Waals surface area contributed by atoms with Crippen molar-refractivity contribution in [2.24, 2.45) is 10.7 Å². The van der Waals surface area contributed by atoms with E-state index in [0.29, 0.717) is 0 Å². The van der Waals surface area contributed by atoms with Gasteiger partial charge in [-0.3, -0.25) is 4.99 Å². The summed E-state index contributed by atoms with van der Waals surface area (Å²) < 4.78 is 0. The molecule has 0 bridgehead atoms. The van der Waals surface area contributed by atoms with E-state index < -0.39 is 0 Å². The lowest BCUT2D eigenvalue weighted by Gasteiger charge is -2.04. The number of likely N-dealkylation sites (N-methyl/N-ethyl adjacent to an activating group) is 1. The van der Waals surface area contributed by atoms with Crippen molar-refractivity contribution >= 4 is 5.71 Å². The average molecular weight is 155 g/mol. The molecule has 0 aliphatic rings. The summed E-state index contributed by atoms with van der Waals surface area (Å²) in [7, 11) is 1.89. The molecule has 0 radical (unpaired) electrons. The van der Waals surface area contributed by atoms with Gasteiger partial charge in [-0.05, 0) is 20.9 Å². The molecule has 0 saturated heterocycles. The van der Waals surface area contributed by atoms with E-state index >= 15 is 0 Å². The molecule has 3 heteroatoms. The van der Waals surface area contributed by atoms with Gasteiger partial charge in [0.05, 0.1) is 0 Å². The fraction of sp³-hybridized carbons (Fsp3) is 0.625. The second-order valence-corrected chi connectivity index (χ2v) is 2.28. The molecule has 0 saturated carbocycles. The molecule has 0 aromatic carbocycles. The van der Waals surface area contributed by atoms with Gasteiger partial charge in [-0.2, -0.15) is 0 Å². The monoisotopic (exact) mass is 155 g/mol. The van der Waals surface area contributed by atoms with Gasteiger partial charge in [0, 0.05) is 30.6 Å². The first kappa shape index (κ1) is 10.2. The largest absolute Gasteiger partial charge is 0.404 e. The Kier molecular flexibility index (Phi) is 5.47. The van der Waals surface area contributed by atoms with E-state index in [4.69, 9.17) is 5.73 Å². The molecule has 0 aliphatic heterocycles. The van der Waals surface area contributed by atoms with Gasteiger partial charge in [0.15, 0.2) is 0 Å². The summed E-state index contributed by atoms with van der Waals surface area (Å²) in [6.07, 6.45) is 1.60. The average Bonchev–Trinajstić information content (AvgIpc) is 2.00. The van der Waals surface area contributed by atoms with Gasteiger partial charge in [0.25, 0.3) is 0 Å². The van der Waals surface area contributed by atoms with Crippen molar-refractivity contribution in [1.29, 1.82) is 0 Å². The van der Waals surface area contributed by atoms with Crippen molar-refractivity contribution in [3.05, 3.63) is 11.8 Å². The molecule has 0 atom stereocenters. The fourth-order valence-electron chi connectivity index (χ4n) is 0.837. The standard InChI is InChI=1S/C8H17N3/c1-4-11-7(2)8(5-9)6-10-3/h5,10H,4,6,9H2,1-3H3. The molecule has 0 unspecified atom stereocenters. The molecule has 3 N–H and O–H groups in total. The molecule has 0 aromatic rings. The number of nitrogens with zero attached hydrogens (tertiary/aromatic N) is 1. The zero-order valence-corrected chi connectivity index (χ0v) is 7.52. The van der Waals surface area contributed by atoms with Gasteiger partial charge < -0.3 is 11.1 Å². The minimum absolute atomic E-state index is 0.784. The molecule has 0 amide bonds. The number of aliphatic imine (C=N–C) groups is 1. The highest BCUT2D eigenvalue weighted by Crippen LogP contribution is 1.94. The van der Waals surface area contributed by atoms with Crippen LogP contribution >= 0.6 is 0 Å². The van der Waals surface area contributed by atoms with Crippen molar-refractivity contribution in [3.63, 3.8) is 0 Å². The van der Waals surface area contributed by atoms with E-state index in [1.165, 1.54) is 0 Å². The van der Waals surface area contributed by atoms with Crippen LogP contribution in [-0.4, -0.2) is 25.8 Å². The molecular weight excluding hydrogens is 138 g/mol. The topological polar surface area (TPSA) is 50.4 Å². The van der Waals surface area contributed by atoms with Crippen molar-refractivity contribution < 1.29 is 0 Å². The third-order valence-corrected chi connectivity index (χ3v) is 1.43. The smallest absolute Gasteiger partial charge is 0.0376 e. The fourth-order valence-corrected chi connectivity index (χ4v) is 0.837. The Morgan fingerprint density at radius 1 is 1.64 bits per heavy atom. The predicted molar refractivity (Wildman–Crippen MR) is 49.8 cm³/mol. The Labute approximate surface area is 68.4 Å². The van der Waals surface area contributed by atoms with E-state index in [2.05, 4.69) is 10.3 Å². The minimum atomic E-state index is 0.784. The summed E-state index contributed by atoms with van der Waals surface area (Å²) in [6.45, 7) is 5.58. The van der Waals surface area contributed by atoms with E-state index in [1.54, 1.807) is 6.20 Å². The van der Waals surface area contributed by atoms with Crippen LogP contribution in [0.1, 0.15) is 13.8 Å². The van der Waals surface area contributed by atoms with Crippen LogP contribution in [0.3, 0.4) is 0 Å². The van der Waals surface area contributed by atoms with Crippen LogP contribution in [0.4, 0.5) is 0 Å². The number of rotatable bonds is 4. The highest BCUT2D eigenvalue weighted by Gasteiger charge is 1.97. The molecule has 64 valence electrons. The lowest BCUT2D eigenvalue weighted by atomic mass is 10.2. The van der Waals surface area contributed by atoms with Crippen LogP contribution in [0.2, 0.25) is 0 Å². The third kappa shape index (κ3) is 3.78. The molecule has 0 heterocycles. The highest BCUT2D eigenvalue weighted by molar-refractivity contribution is 5.98.